The van der Waals surface area contributed by atoms with E-state index in [1.54, 1.807) is 0 Å². The van der Waals surface area contributed by atoms with Gasteiger partial charge >= 0.3 is 0 Å². The van der Waals surface area contributed by atoms with Gasteiger partial charge in [0.2, 0.25) is 9.84 Å². The van der Waals surface area contributed by atoms with Crippen molar-refractivity contribution in [3.05, 3.63) is 11.6 Å². The standard InChI is InChI=1S/C7H10N2O2S/c10-12(11)4-3-8-7(12)5-9-6-1-2-6/h3-4,6,9H,1-2,5H2. The molecule has 0 aromatic carbocycles. The Kier molecular flexibility index (Phi) is 1.77. The van der Waals surface area contributed by atoms with Crippen LogP contribution in [0.2, 0.25) is 0 Å². The van der Waals surface area contributed by atoms with Gasteiger partial charge in [-0.15, -0.1) is 0 Å². The molecule has 1 saturated carbocycles. The van der Waals surface area contributed by atoms with Crippen molar-refractivity contribution in [1.29, 1.82) is 0 Å². The summed E-state index contributed by atoms with van der Waals surface area (Å²) in [6.07, 6.45) is 3.64. The van der Waals surface area contributed by atoms with Gasteiger partial charge in [-0.25, -0.2) is 13.4 Å². The molecule has 1 N–H and O–H groups in total. The maximum absolute atomic E-state index is 11.1. The van der Waals surface area contributed by atoms with Crippen LogP contribution >= 0.6 is 0 Å². The molecule has 0 radical (unpaired) electrons. The van der Waals surface area contributed by atoms with Crippen LogP contribution in [-0.4, -0.2) is 26.0 Å². The summed E-state index contributed by atoms with van der Waals surface area (Å²) in [6, 6.07) is 0.517. The zero-order valence-corrected chi connectivity index (χ0v) is 7.34. The summed E-state index contributed by atoms with van der Waals surface area (Å²) >= 11 is 0. The molecule has 0 bridgehead atoms. The number of sulfone groups is 1. The van der Waals surface area contributed by atoms with Gasteiger partial charge in [0.1, 0.15) is 5.04 Å². The molecular formula is C7H10N2O2S. The maximum atomic E-state index is 11.1. The van der Waals surface area contributed by atoms with E-state index in [1.165, 1.54) is 6.20 Å². The van der Waals surface area contributed by atoms with Gasteiger partial charge in [-0.1, -0.05) is 0 Å². The minimum Gasteiger partial charge on any atom is -0.308 e. The normalized spacial score (nSPS) is 25.8. The second-order valence-corrected chi connectivity index (χ2v) is 4.84. The van der Waals surface area contributed by atoms with Gasteiger partial charge in [-0.3, -0.25) is 0 Å². The van der Waals surface area contributed by atoms with E-state index in [9.17, 15) is 8.42 Å². The summed E-state index contributed by atoms with van der Waals surface area (Å²) in [7, 11) is -3.15. The predicted molar refractivity (Wildman–Crippen MR) is 46.5 cm³/mol. The zero-order valence-electron chi connectivity index (χ0n) is 6.53. The van der Waals surface area contributed by atoms with Crippen LogP contribution in [0.25, 0.3) is 0 Å². The van der Waals surface area contributed by atoms with E-state index in [0.717, 1.165) is 18.2 Å². The largest absolute Gasteiger partial charge is 0.308 e. The summed E-state index contributed by atoms with van der Waals surface area (Å²) in [5.41, 5.74) is 0. The summed E-state index contributed by atoms with van der Waals surface area (Å²) in [6.45, 7) is 0.375. The van der Waals surface area contributed by atoms with Gasteiger partial charge in [-0.05, 0) is 12.8 Å². The number of hydrogen-bond acceptors (Lipinski definition) is 4. The third-order valence-electron chi connectivity index (χ3n) is 1.91. The lowest BCUT2D eigenvalue weighted by molar-refractivity contribution is 0.614. The van der Waals surface area contributed by atoms with Gasteiger partial charge < -0.3 is 5.32 Å². The Morgan fingerprint density at radius 3 is 2.83 bits per heavy atom. The quantitative estimate of drug-likeness (QED) is 0.676. The summed E-state index contributed by atoms with van der Waals surface area (Å²) < 4.78 is 22.3. The average Bonchev–Trinajstić information content (AvgIpc) is 2.74. The highest BCUT2D eigenvalue weighted by Gasteiger charge is 2.25. The first kappa shape index (κ1) is 7.94. The Morgan fingerprint density at radius 1 is 1.58 bits per heavy atom. The third-order valence-corrected chi connectivity index (χ3v) is 3.29. The van der Waals surface area contributed by atoms with Gasteiger partial charge in [0, 0.05) is 18.8 Å². The highest BCUT2D eigenvalue weighted by Crippen LogP contribution is 2.18. The molecule has 5 heteroatoms. The van der Waals surface area contributed by atoms with Crippen molar-refractivity contribution < 1.29 is 8.42 Å². The average molecular weight is 186 g/mol. The molecule has 0 amide bonds. The van der Waals surface area contributed by atoms with Crippen LogP contribution in [0.15, 0.2) is 16.6 Å². The first-order valence-electron chi connectivity index (χ1n) is 3.90. The minimum atomic E-state index is -3.15. The van der Waals surface area contributed by atoms with Crippen LogP contribution in [0.5, 0.6) is 0 Å². The molecule has 1 heterocycles. The Bertz CT molecular complexity index is 338. The monoisotopic (exact) mass is 186 g/mol. The smallest absolute Gasteiger partial charge is 0.215 e. The number of nitrogens with one attached hydrogen (secondary N) is 1. The Morgan fingerprint density at radius 2 is 2.33 bits per heavy atom. The summed E-state index contributed by atoms with van der Waals surface area (Å²) in [4.78, 5) is 3.77. The first-order chi connectivity index (χ1) is 5.68. The van der Waals surface area contributed by atoms with Crippen LogP contribution in [-0.2, 0) is 9.84 Å². The van der Waals surface area contributed by atoms with Crippen molar-refractivity contribution in [2.75, 3.05) is 6.54 Å². The lowest BCUT2D eigenvalue weighted by Gasteiger charge is -2.00. The van der Waals surface area contributed by atoms with E-state index in [0.29, 0.717) is 12.6 Å². The van der Waals surface area contributed by atoms with Crippen molar-refractivity contribution >= 4 is 14.9 Å². The van der Waals surface area contributed by atoms with Crippen molar-refractivity contribution in [3.63, 3.8) is 0 Å². The Labute approximate surface area is 71.3 Å². The molecule has 0 aromatic heterocycles. The topological polar surface area (TPSA) is 58.5 Å². The molecule has 0 unspecified atom stereocenters. The molecule has 12 heavy (non-hydrogen) atoms. The van der Waals surface area contributed by atoms with E-state index in [4.69, 9.17) is 0 Å². The molecule has 1 aliphatic carbocycles. The van der Waals surface area contributed by atoms with Crippen LogP contribution in [0, 0.1) is 0 Å². The molecule has 1 aliphatic heterocycles. The van der Waals surface area contributed by atoms with E-state index in [2.05, 4.69) is 10.3 Å². The number of hydrogen-bond donors (Lipinski definition) is 1. The van der Waals surface area contributed by atoms with Gasteiger partial charge in [0.05, 0.1) is 5.41 Å². The number of rotatable bonds is 3. The maximum Gasteiger partial charge on any atom is 0.215 e. The highest BCUT2D eigenvalue weighted by molar-refractivity contribution is 8.09. The second kappa shape index (κ2) is 2.67. The van der Waals surface area contributed by atoms with Crippen molar-refractivity contribution in [2.24, 2.45) is 4.99 Å². The number of aliphatic imine (C=N–C) groups is 1. The predicted octanol–water partition coefficient (Wildman–Crippen LogP) is 0.0365. The zero-order chi connectivity index (χ0) is 8.60. The molecule has 0 atom stereocenters. The lowest BCUT2D eigenvalue weighted by Crippen LogP contribution is -2.27. The van der Waals surface area contributed by atoms with Crippen molar-refractivity contribution in [2.45, 2.75) is 18.9 Å². The summed E-state index contributed by atoms with van der Waals surface area (Å²) in [5.74, 6) is 0. The molecule has 0 aromatic rings. The van der Waals surface area contributed by atoms with Crippen LogP contribution in [0.3, 0.4) is 0 Å². The van der Waals surface area contributed by atoms with Crippen LogP contribution in [0.1, 0.15) is 12.8 Å². The molecule has 4 nitrogen and oxygen atoms in total. The van der Waals surface area contributed by atoms with Gasteiger partial charge in [-0.2, -0.15) is 0 Å². The highest BCUT2D eigenvalue weighted by atomic mass is 32.2. The molecule has 1 fully saturated rings. The fourth-order valence-corrected chi connectivity index (χ4v) is 1.88. The fourth-order valence-electron chi connectivity index (χ4n) is 1.01. The molecule has 0 saturated heterocycles. The molecule has 0 spiro atoms. The van der Waals surface area contributed by atoms with E-state index < -0.39 is 9.84 Å². The molecule has 66 valence electrons. The second-order valence-electron chi connectivity index (χ2n) is 3.01. The molecular weight excluding hydrogens is 176 g/mol. The fraction of sp³-hybridized carbons (Fsp3) is 0.571. The van der Waals surface area contributed by atoms with Gasteiger partial charge in [0.15, 0.2) is 0 Å². The van der Waals surface area contributed by atoms with E-state index >= 15 is 0 Å². The Balaban J connectivity index is 1.96. The minimum absolute atomic E-state index is 0.245. The van der Waals surface area contributed by atoms with Gasteiger partial charge in [0.25, 0.3) is 0 Å². The lowest BCUT2D eigenvalue weighted by atomic mass is 10.6. The molecule has 2 aliphatic rings. The van der Waals surface area contributed by atoms with E-state index in [1.807, 2.05) is 0 Å². The van der Waals surface area contributed by atoms with Crippen molar-refractivity contribution in [3.8, 4) is 0 Å². The SMILES string of the molecule is O=S1(=O)C=CN=C1CNC1CC1. The molecule has 2 rings (SSSR count). The van der Waals surface area contributed by atoms with E-state index in [-0.39, 0.29) is 5.04 Å². The number of nitrogens with zero attached hydrogens (tertiary/aromatic N) is 1. The Hall–Kier alpha value is -0.680. The van der Waals surface area contributed by atoms with Crippen LogP contribution < -0.4 is 5.32 Å². The summed E-state index contributed by atoms with van der Waals surface area (Å²) in [5, 5.41) is 4.48. The first-order valence-corrected chi connectivity index (χ1v) is 5.45. The van der Waals surface area contributed by atoms with Crippen molar-refractivity contribution in [1.82, 2.24) is 5.32 Å². The van der Waals surface area contributed by atoms with Crippen LogP contribution in [0.4, 0.5) is 0 Å². The third kappa shape index (κ3) is 1.56.